The van der Waals surface area contributed by atoms with Crippen LogP contribution in [0.15, 0.2) is 24.3 Å². The van der Waals surface area contributed by atoms with Crippen molar-refractivity contribution in [1.29, 1.82) is 0 Å². The van der Waals surface area contributed by atoms with E-state index in [0.29, 0.717) is 18.3 Å². The minimum Gasteiger partial charge on any atom is -0.490 e. The van der Waals surface area contributed by atoms with Gasteiger partial charge < -0.3 is 9.47 Å². The fourth-order valence-corrected chi connectivity index (χ4v) is 2.51. The molecule has 0 bridgehead atoms. The van der Waals surface area contributed by atoms with Crippen molar-refractivity contribution in [2.24, 2.45) is 0 Å². The van der Waals surface area contributed by atoms with Crippen LogP contribution in [0.4, 0.5) is 0 Å². The number of ether oxygens (including phenoxy) is 2. The third-order valence-electron chi connectivity index (χ3n) is 3.87. The highest BCUT2D eigenvalue weighted by Gasteiger charge is 2.36. The standard InChI is InChI=1S/C16H20O3/c1-16(9-2-3-10-18-16)15(17)12-5-4-6-14(11-12)19-13-7-8-13/h4-6,11,13H,2-3,7-10H2,1H3. The summed E-state index contributed by atoms with van der Waals surface area (Å²) in [6, 6.07) is 7.51. The van der Waals surface area contributed by atoms with Crippen LogP contribution in [0.5, 0.6) is 5.75 Å². The Morgan fingerprint density at radius 1 is 1.37 bits per heavy atom. The van der Waals surface area contributed by atoms with E-state index in [9.17, 15) is 4.79 Å². The highest BCUT2D eigenvalue weighted by Crippen LogP contribution is 2.31. The molecule has 102 valence electrons. The molecule has 3 nitrogen and oxygen atoms in total. The minimum atomic E-state index is -0.656. The molecular weight excluding hydrogens is 240 g/mol. The predicted octanol–water partition coefficient (Wildman–Crippen LogP) is 3.37. The maximum atomic E-state index is 12.6. The van der Waals surface area contributed by atoms with Crippen LogP contribution in [0, 0.1) is 0 Å². The van der Waals surface area contributed by atoms with E-state index < -0.39 is 5.60 Å². The van der Waals surface area contributed by atoms with E-state index in [0.717, 1.165) is 37.9 Å². The van der Waals surface area contributed by atoms with Gasteiger partial charge in [-0.1, -0.05) is 12.1 Å². The average molecular weight is 260 g/mol. The molecule has 1 unspecified atom stereocenters. The van der Waals surface area contributed by atoms with Crippen LogP contribution < -0.4 is 4.74 Å². The third-order valence-corrected chi connectivity index (χ3v) is 3.87. The van der Waals surface area contributed by atoms with Gasteiger partial charge in [-0.05, 0) is 51.2 Å². The van der Waals surface area contributed by atoms with E-state index >= 15 is 0 Å². The van der Waals surface area contributed by atoms with Crippen LogP contribution in [0.2, 0.25) is 0 Å². The van der Waals surface area contributed by atoms with Gasteiger partial charge in [-0.2, -0.15) is 0 Å². The molecule has 0 spiro atoms. The van der Waals surface area contributed by atoms with Gasteiger partial charge in [-0.3, -0.25) is 4.79 Å². The number of rotatable bonds is 4. The Morgan fingerprint density at radius 3 is 2.89 bits per heavy atom. The summed E-state index contributed by atoms with van der Waals surface area (Å²) in [7, 11) is 0. The highest BCUT2D eigenvalue weighted by molar-refractivity contribution is 6.02. The molecule has 3 heteroatoms. The van der Waals surface area contributed by atoms with Gasteiger partial charge in [0.2, 0.25) is 0 Å². The lowest BCUT2D eigenvalue weighted by molar-refractivity contribution is -0.0426. The van der Waals surface area contributed by atoms with E-state index in [1.165, 1.54) is 0 Å². The van der Waals surface area contributed by atoms with Crippen molar-refractivity contribution in [1.82, 2.24) is 0 Å². The molecule has 3 rings (SSSR count). The molecule has 1 aliphatic carbocycles. The smallest absolute Gasteiger partial charge is 0.194 e. The number of benzene rings is 1. The second-order valence-electron chi connectivity index (χ2n) is 5.71. The monoisotopic (exact) mass is 260 g/mol. The number of Topliss-reactive ketones (excluding diaryl/α,β-unsaturated/α-hetero) is 1. The van der Waals surface area contributed by atoms with E-state index in [2.05, 4.69) is 0 Å². The minimum absolute atomic E-state index is 0.0773. The van der Waals surface area contributed by atoms with Crippen LogP contribution in [0.1, 0.15) is 49.4 Å². The van der Waals surface area contributed by atoms with Crippen molar-refractivity contribution in [3.05, 3.63) is 29.8 Å². The number of carbonyl (C=O) groups is 1. The summed E-state index contributed by atoms with van der Waals surface area (Å²) in [5, 5.41) is 0. The Morgan fingerprint density at radius 2 is 2.21 bits per heavy atom. The fourth-order valence-electron chi connectivity index (χ4n) is 2.51. The largest absolute Gasteiger partial charge is 0.490 e. The fraction of sp³-hybridized carbons (Fsp3) is 0.562. The lowest BCUT2D eigenvalue weighted by atomic mass is 9.88. The number of ketones is 1. The predicted molar refractivity (Wildman–Crippen MR) is 72.6 cm³/mol. The van der Waals surface area contributed by atoms with Crippen LogP contribution in [0.25, 0.3) is 0 Å². The molecule has 2 aliphatic rings. The molecular formula is C16H20O3. The van der Waals surface area contributed by atoms with Crippen molar-refractivity contribution in [3.63, 3.8) is 0 Å². The second kappa shape index (κ2) is 4.97. The molecule has 1 aliphatic heterocycles. The molecule has 19 heavy (non-hydrogen) atoms. The number of carbonyl (C=O) groups excluding carboxylic acids is 1. The van der Waals surface area contributed by atoms with Crippen molar-refractivity contribution in [2.75, 3.05) is 6.61 Å². The lowest BCUT2D eigenvalue weighted by Crippen LogP contribution is -2.41. The Balaban J connectivity index is 1.78. The Kier molecular flexibility index (Phi) is 3.31. The van der Waals surface area contributed by atoms with Gasteiger partial charge in [-0.25, -0.2) is 0 Å². The molecule has 0 aromatic heterocycles. The first-order chi connectivity index (χ1) is 9.17. The topological polar surface area (TPSA) is 35.5 Å². The molecule has 1 saturated heterocycles. The maximum absolute atomic E-state index is 12.6. The van der Waals surface area contributed by atoms with E-state index in [1.807, 2.05) is 31.2 Å². The zero-order valence-corrected chi connectivity index (χ0v) is 11.4. The van der Waals surface area contributed by atoms with Crippen LogP contribution in [0.3, 0.4) is 0 Å². The second-order valence-corrected chi connectivity index (χ2v) is 5.71. The molecule has 2 fully saturated rings. The van der Waals surface area contributed by atoms with E-state index in [1.54, 1.807) is 0 Å². The van der Waals surface area contributed by atoms with Gasteiger partial charge in [0, 0.05) is 12.2 Å². The van der Waals surface area contributed by atoms with Crippen molar-refractivity contribution in [3.8, 4) is 5.75 Å². The molecule has 0 radical (unpaired) electrons. The molecule has 1 aromatic carbocycles. The first kappa shape index (κ1) is 12.7. The maximum Gasteiger partial charge on any atom is 0.194 e. The molecule has 1 saturated carbocycles. The lowest BCUT2D eigenvalue weighted by Gasteiger charge is -2.32. The SMILES string of the molecule is CC1(C(=O)c2cccc(OC3CC3)c2)CCCCO1. The van der Waals surface area contributed by atoms with Crippen molar-refractivity contribution in [2.45, 2.75) is 50.7 Å². The summed E-state index contributed by atoms with van der Waals surface area (Å²) < 4.78 is 11.5. The van der Waals surface area contributed by atoms with Crippen LogP contribution >= 0.6 is 0 Å². The summed E-state index contributed by atoms with van der Waals surface area (Å²) >= 11 is 0. The quantitative estimate of drug-likeness (QED) is 0.779. The Bertz CT molecular complexity index is 471. The molecule has 0 amide bonds. The van der Waals surface area contributed by atoms with Gasteiger partial charge in [0.1, 0.15) is 11.4 Å². The van der Waals surface area contributed by atoms with Crippen molar-refractivity contribution < 1.29 is 14.3 Å². The van der Waals surface area contributed by atoms with Gasteiger partial charge in [0.05, 0.1) is 6.10 Å². The number of hydrogen-bond donors (Lipinski definition) is 0. The zero-order chi connectivity index (χ0) is 13.3. The van der Waals surface area contributed by atoms with Gasteiger partial charge in [0.15, 0.2) is 5.78 Å². The summed E-state index contributed by atoms with van der Waals surface area (Å²) in [5.74, 6) is 0.876. The van der Waals surface area contributed by atoms with Crippen LogP contribution in [-0.4, -0.2) is 24.1 Å². The van der Waals surface area contributed by atoms with Gasteiger partial charge >= 0.3 is 0 Å². The molecule has 1 atom stereocenters. The first-order valence-electron chi connectivity index (χ1n) is 7.13. The normalized spacial score (nSPS) is 27.0. The molecule has 1 heterocycles. The number of hydrogen-bond acceptors (Lipinski definition) is 3. The summed E-state index contributed by atoms with van der Waals surface area (Å²) in [6.45, 7) is 2.59. The zero-order valence-electron chi connectivity index (χ0n) is 11.4. The van der Waals surface area contributed by atoms with Gasteiger partial charge in [-0.15, -0.1) is 0 Å². The molecule has 1 aromatic rings. The summed E-state index contributed by atoms with van der Waals surface area (Å²) in [5.41, 5.74) is 0.0405. The molecule has 0 N–H and O–H groups in total. The summed E-state index contributed by atoms with van der Waals surface area (Å²) in [6.07, 6.45) is 5.51. The Hall–Kier alpha value is -1.35. The van der Waals surface area contributed by atoms with Crippen LogP contribution in [-0.2, 0) is 4.74 Å². The third kappa shape index (κ3) is 2.81. The highest BCUT2D eigenvalue weighted by atomic mass is 16.5. The summed E-state index contributed by atoms with van der Waals surface area (Å²) in [4.78, 5) is 12.6. The van der Waals surface area contributed by atoms with E-state index in [4.69, 9.17) is 9.47 Å². The van der Waals surface area contributed by atoms with Gasteiger partial charge in [0.25, 0.3) is 0 Å². The average Bonchev–Trinajstić information content (AvgIpc) is 3.23. The van der Waals surface area contributed by atoms with Crippen molar-refractivity contribution >= 4 is 5.78 Å². The first-order valence-corrected chi connectivity index (χ1v) is 7.13. The van der Waals surface area contributed by atoms with E-state index in [-0.39, 0.29) is 5.78 Å². The Labute approximate surface area is 113 Å².